The topological polar surface area (TPSA) is 75.4 Å². The average Bonchev–Trinajstić information content (AvgIpc) is 3.02. The summed E-state index contributed by atoms with van der Waals surface area (Å²) in [6.07, 6.45) is -5.78. The van der Waals surface area contributed by atoms with Crippen LogP contribution in [0.3, 0.4) is 0 Å². The SMILES string of the molecule is Cc1noc(-c2ccc(Br)cc2)c1[C@@H](Cc1cccc(C(F)(F)F)c1)NC(=O)O. The van der Waals surface area contributed by atoms with E-state index in [1.165, 1.54) is 12.1 Å². The fourth-order valence-electron chi connectivity index (χ4n) is 3.08. The van der Waals surface area contributed by atoms with Gasteiger partial charge >= 0.3 is 12.3 Å². The monoisotopic (exact) mass is 468 g/mol. The molecule has 0 bridgehead atoms. The molecule has 0 radical (unpaired) electrons. The lowest BCUT2D eigenvalue weighted by molar-refractivity contribution is -0.137. The predicted octanol–water partition coefficient (Wildman–Crippen LogP) is 5.98. The molecule has 0 unspecified atom stereocenters. The maximum Gasteiger partial charge on any atom is 0.416 e. The highest BCUT2D eigenvalue weighted by Gasteiger charge is 2.31. The molecular weight excluding hydrogens is 453 g/mol. The van der Waals surface area contributed by atoms with Crippen LogP contribution in [0.1, 0.15) is 28.4 Å². The number of carbonyl (C=O) groups is 1. The Kier molecular flexibility index (Phi) is 5.97. The molecule has 152 valence electrons. The van der Waals surface area contributed by atoms with Crippen LogP contribution < -0.4 is 5.32 Å². The molecule has 0 saturated carbocycles. The molecule has 9 heteroatoms. The van der Waals surface area contributed by atoms with Gasteiger partial charge in [-0.25, -0.2) is 4.79 Å². The molecule has 2 N–H and O–H groups in total. The molecule has 0 saturated heterocycles. The van der Waals surface area contributed by atoms with Gasteiger partial charge in [0.05, 0.1) is 17.3 Å². The molecule has 5 nitrogen and oxygen atoms in total. The Bertz CT molecular complexity index is 1020. The second kappa shape index (κ2) is 8.28. The Balaban J connectivity index is 2.02. The van der Waals surface area contributed by atoms with E-state index in [-0.39, 0.29) is 6.42 Å². The Morgan fingerprint density at radius 3 is 2.55 bits per heavy atom. The van der Waals surface area contributed by atoms with E-state index in [1.807, 2.05) is 0 Å². The van der Waals surface area contributed by atoms with Gasteiger partial charge in [0.1, 0.15) is 0 Å². The van der Waals surface area contributed by atoms with Crippen molar-refractivity contribution in [1.82, 2.24) is 10.5 Å². The second-order valence-corrected chi connectivity index (χ2v) is 7.34. The first-order valence-corrected chi connectivity index (χ1v) is 9.32. The smallest absolute Gasteiger partial charge is 0.416 e. The molecule has 0 aliphatic rings. The highest BCUT2D eigenvalue weighted by atomic mass is 79.9. The van der Waals surface area contributed by atoms with Gasteiger partial charge in [0, 0.05) is 15.6 Å². The molecule has 0 fully saturated rings. The largest absolute Gasteiger partial charge is 0.465 e. The van der Waals surface area contributed by atoms with Crippen LogP contribution in [-0.4, -0.2) is 16.4 Å². The summed E-state index contributed by atoms with van der Waals surface area (Å²) >= 11 is 3.34. The van der Waals surface area contributed by atoms with Crippen molar-refractivity contribution in [3.63, 3.8) is 0 Å². The quantitative estimate of drug-likeness (QED) is 0.482. The maximum absolute atomic E-state index is 13.0. The Morgan fingerprint density at radius 1 is 1.24 bits per heavy atom. The highest BCUT2D eigenvalue weighted by Crippen LogP contribution is 2.35. The zero-order chi connectivity index (χ0) is 21.2. The molecule has 3 aromatic rings. The van der Waals surface area contributed by atoms with E-state index in [0.29, 0.717) is 28.1 Å². The van der Waals surface area contributed by atoms with E-state index in [0.717, 1.165) is 16.6 Å². The number of alkyl halides is 3. The third kappa shape index (κ3) is 4.97. The number of carboxylic acid groups (broad SMARTS) is 1. The summed E-state index contributed by atoms with van der Waals surface area (Å²) in [5, 5.41) is 15.6. The van der Waals surface area contributed by atoms with Crippen molar-refractivity contribution in [3.8, 4) is 11.3 Å². The zero-order valence-corrected chi connectivity index (χ0v) is 16.7. The van der Waals surface area contributed by atoms with Crippen LogP contribution >= 0.6 is 15.9 Å². The number of aromatic nitrogens is 1. The van der Waals surface area contributed by atoms with Crippen molar-refractivity contribution in [2.45, 2.75) is 25.6 Å². The van der Waals surface area contributed by atoms with Gasteiger partial charge < -0.3 is 14.9 Å². The van der Waals surface area contributed by atoms with Crippen molar-refractivity contribution >= 4 is 22.0 Å². The number of amides is 1. The molecule has 1 aromatic heterocycles. The fourth-order valence-corrected chi connectivity index (χ4v) is 3.35. The fraction of sp³-hybridized carbons (Fsp3) is 0.200. The Morgan fingerprint density at radius 2 is 1.93 bits per heavy atom. The molecule has 0 aliphatic carbocycles. The minimum atomic E-state index is -4.48. The van der Waals surface area contributed by atoms with Gasteiger partial charge in [-0.2, -0.15) is 13.2 Å². The predicted molar refractivity (Wildman–Crippen MR) is 103 cm³/mol. The van der Waals surface area contributed by atoms with Gasteiger partial charge in [-0.05, 0) is 37.1 Å². The number of hydrogen-bond acceptors (Lipinski definition) is 3. The Labute approximate surface area is 172 Å². The normalized spacial score (nSPS) is 12.6. The summed E-state index contributed by atoms with van der Waals surface area (Å²) in [6, 6.07) is 11.1. The van der Waals surface area contributed by atoms with Crippen molar-refractivity contribution in [2.75, 3.05) is 0 Å². The Hall–Kier alpha value is -2.81. The number of rotatable bonds is 5. The minimum Gasteiger partial charge on any atom is -0.465 e. The van der Waals surface area contributed by atoms with E-state index in [9.17, 15) is 23.1 Å². The van der Waals surface area contributed by atoms with Gasteiger partial charge in [0.25, 0.3) is 0 Å². The third-order valence-electron chi connectivity index (χ3n) is 4.35. The number of nitrogens with one attached hydrogen (secondary N) is 1. The number of aryl methyl sites for hydroxylation is 1. The van der Waals surface area contributed by atoms with Gasteiger partial charge in [-0.3, -0.25) is 0 Å². The van der Waals surface area contributed by atoms with Crippen molar-refractivity contribution < 1.29 is 27.6 Å². The van der Waals surface area contributed by atoms with Gasteiger partial charge in [0.2, 0.25) is 0 Å². The van der Waals surface area contributed by atoms with Crippen LogP contribution in [-0.2, 0) is 12.6 Å². The number of hydrogen-bond donors (Lipinski definition) is 2. The maximum atomic E-state index is 13.0. The molecule has 0 aliphatic heterocycles. The zero-order valence-electron chi connectivity index (χ0n) is 15.1. The van der Waals surface area contributed by atoms with Crippen LogP contribution in [0.2, 0.25) is 0 Å². The van der Waals surface area contributed by atoms with Gasteiger partial charge in [0.15, 0.2) is 5.76 Å². The molecule has 1 heterocycles. The highest BCUT2D eigenvalue weighted by molar-refractivity contribution is 9.10. The molecule has 29 heavy (non-hydrogen) atoms. The number of benzene rings is 2. The van der Waals surface area contributed by atoms with E-state index in [4.69, 9.17) is 4.52 Å². The standard InChI is InChI=1S/C20H16BrF3N2O3/c1-11-17(18(29-26-11)13-5-7-15(21)8-6-13)16(25-19(27)28)10-12-3-2-4-14(9-12)20(22,23)24/h2-9,16,25H,10H2,1H3,(H,27,28)/t16-/m1/s1. The number of nitrogens with zero attached hydrogens (tertiary/aromatic N) is 1. The lowest BCUT2D eigenvalue weighted by Gasteiger charge is -2.18. The summed E-state index contributed by atoms with van der Waals surface area (Å²) in [6.45, 7) is 1.66. The lowest BCUT2D eigenvalue weighted by Crippen LogP contribution is -2.29. The molecule has 3 rings (SSSR count). The van der Waals surface area contributed by atoms with Gasteiger partial charge in [-0.1, -0.05) is 51.4 Å². The first-order valence-electron chi connectivity index (χ1n) is 8.53. The summed E-state index contributed by atoms with van der Waals surface area (Å²) in [7, 11) is 0. The molecule has 1 atom stereocenters. The van der Waals surface area contributed by atoms with Crippen molar-refractivity contribution in [1.29, 1.82) is 0 Å². The molecular formula is C20H16BrF3N2O3. The van der Waals surface area contributed by atoms with E-state index < -0.39 is 23.9 Å². The first-order chi connectivity index (χ1) is 13.6. The van der Waals surface area contributed by atoms with Crippen LogP contribution in [0.25, 0.3) is 11.3 Å². The number of halogens is 4. The van der Waals surface area contributed by atoms with Crippen molar-refractivity contribution in [2.24, 2.45) is 0 Å². The van der Waals surface area contributed by atoms with E-state index in [2.05, 4.69) is 26.4 Å². The third-order valence-corrected chi connectivity index (χ3v) is 4.88. The average molecular weight is 469 g/mol. The second-order valence-electron chi connectivity index (χ2n) is 6.42. The first kappa shape index (κ1) is 20.9. The summed E-state index contributed by atoms with van der Waals surface area (Å²) in [4.78, 5) is 11.4. The summed E-state index contributed by atoms with van der Waals surface area (Å²) in [5.41, 5.74) is 1.14. The summed E-state index contributed by atoms with van der Waals surface area (Å²) < 4.78 is 45.4. The van der Waals surface area contributed by atoms with Gasteiger partial charge in [-0.15, -0.1) is 0 Å². The molecule has 2 aromatic carbocycles. The summed E-state index contributed by atoms with van der Waals surface area (Å²) in [5.74, 6) is 0.362. The van der Waals surface area contributed by atoms with Crippen molar-refractivity contribution in [3.05, 3.63) is 75.4 Å². The van der Waals surface area contributed by atoms with Crippen LogP contribution in [0, 0.1) is 6.92 Å². The van der Waals surface area contributed by atoms with Crippen LogP contribution in [0.5, 0.6) is 0 Å². The minimum absolute atomic E-state index is 0.00179. The van der Waals surface area contributed by atoms with E-state index in [1.54, 1.807) is 31.2 Å². The lowest BCUT2D eigenvalue weighted by atomic mass is 9.94. The van der Waals surface area contributed by atoms with Crippen LogP contribution in [0.15, 0.2) is 57.5 Å². The molecule has 1 amide bonds. The molecule has 0 spiro atoms. The van der Waals surface area contributed by atoms with E-state index >= 15 is 0 Å². The van der Waals surface area contributed by atoms with Crippen LogP contribution in [0.4, 0.5) is 18.0 Å².